The third-order valence-electron chi connectivity index (χ3n) is 4.27. The predicted octanol–water partition coefficient (Wildman–Crippen LogP) is 5.45. The number of rotatable bonds is 5. The summed E-state index contributed by atoms with van der Waals surface area (Å²) in [5, 5.41) is 7.90. The molecule has 3 nitrogen and oxygen atoms in total. The smallest absolute Gasteiger partial charge is 0.147 e. The molecular weight excluding hydrogens is 305 g/mol. The van der Waals surface area contributed by atoms with E-state index in [0.717, 1.165) is 12.4 Å². The van der Waals surface area contributed by atoms with Crippen molar-refractivity contribution in [2.75, 3.05) is 17.2 Å². The Morgan fingerprint density at radius 2 is 1.86 bits per heavy atom. The largest absolute Gasteiger partial charge is 0.369 e. The molecule has 2 atom stereocenters. The maximum absolute atomic E-state index is 6.31. The second-order valence-electron chi connectivity index (χ2n) is 6.12. The number of aromatic nitrogens is 1. The van der Waals surface area contributed by atoms with Gasteiger partial charge in [-0.05, 0) is 37.7 Å². The number of hydrogen-bond donors (Lipinski definition) is 2. The summed E-state index contributed by atoms with van der Waals surface area (Å²) in [5.41, 5.74) is 0. The van der Waals surface area contributed by atoms with E-state index in [0.29, 0.717) is 33.7 Å². The highest BCUT2D eigenvalue weighted by Gasteiger charge is 2.28. The second kappa shape index (κ2) is 7.55. The van der Waals surface area contributed by atoms with Gasteiger partial charge in [0, 0.05) is 12.6 Å². The Kier molecular flexibility index (Phi) is 6.00. The fraction of sp³-hybridized carbons (Fsp3) is 0.688. The molecule has 1 aliphatic carbocycles. The van der Waals surface area contributed by atoms with Gasteiger partial charge in [0.25, 0.3) is 0 Å². The van der Waals surface area contributed by atoms with Gasteiger partial charge in [-0.15, -0.1) is 0 Å². The van der Waals surface area contributed by atoms with Crippen molar-refractivity contribution in [2.45, 2.75) is 52.5 Å². The molecular formula is C16H25Cl2N3. The lowest BCUT2D eigenvalue weighted by molar-refractivity contribution is 0.253. The fourth-order valence-electron chi connectivity index (χ4n) is 3.17. The molecule has 0 aromatic carbocycles. The molecule has 1 aromatic heterocycles. The lowest BCUT2D eigenvalue weighted by Gasteiger charge is -2.35. The molecule has 21 heavy (non-hydrogen) atoms. The number of nitrogens with one attached hydrogen (secondary N) is 2. The van der Waals surface area contributed by atoms with Gasteiger partial charge < -0.3 is 10.6 Å². The van der Waals surface area contributed by atoms with Crippen LogP contribution in [0.15, 0.2) is 6.07 Å². The Morgan fingerprint density at radius 3 is 2.52 bits per heavy atom. The van der Waals surface area contributed by atoms with Crippen molar-refractivity contribution in [1.29, 1.82) is 0 Å². The van der Waals surface area contributed by atoms with E-state index in [2.05, 4.69) is 29.5 Å². The lowest BCUT2D eigenvalue weighted by atomic mass is 9.78. The van der Waals surface area contributed by atoms with Crippen molar-refractivity contribution in [1.82, 2.24) is 4.98 Å². The van der Waals surface area contributed by atoms with Gasteiger partial charge in [0.15, 0.2) is 0 Å². The zero-order valence-corrected chi connectivity index (χ0v) is 14.6. The van der Waals surface area contributed by atoms with Gasteiger partial charge in [0.1, 0.15) is 11.6 Å². The van der Waals surface area contributed by atoms with E-state index in [1.54, 1.807) is 6.07 Å². The van der Waals surface area contributed by atoms with E-state index in [9.17, 15) is 0 Å². The van der Waals surface area contributed by atoms with Crippen LogP contribution < -0.4 is 10.6 Å². The van der Waals surface area contributed by atoms with Crippen LogP contribution in [0, 0.1) is 11.8 Å². The molecule has 0 saturated heterocycles. The average Bonchev–Trinajstić information content (AvgIpc) is 2.44. The first kappa shape index (κ1) is 16.7. The molecule has 0 bridgehead atoms. The van der Waals surface area contributed by atoms with Crippen LogP contribution in [0.1, 0.15) is 46.5 Å². The Balaban J connectivity index is 2.19. The standard InChI is InChI=1S/C16H25Cl2N3/c1-4-19-15-12(17)9-13(18)16(21-15)20-14-8-6-5-7-11(14)10(2)3/h9-11,14H,4-8H2,1-3H3,(H2,19,20,21). The van der Waals surface area contributed by atoms with Crippen LogP contribution in [0.2, 0.25) is 10.0 Å². The minimum Gasteiger partial charge on any atom is -0.369 e. The molecule has 1 fully saturated rings. The molecule has 0 spiro atoms. The minimum atomic E-state index is 0.444. The minimum absolute atomic E-state index is 0.444. The zero-order valence-electron chi connectivity index (χ0n) is 13.0. The van der Waals surface area contributed by atoms with E-state index < -0.39 is 0 Å². The third-order valence-corrected chi connectivity index (χ3v) is 4.85. The van der Waals surface area contributed by atoms with E-state index in [4.69, 9.17) is 23.2 Å². The summed E-state index contributed by atoms with van der Waals surface area (Å²) in [4.78, 5) is 4.56. The summed E-state index contributed by atoms with van der Waals surface area (Å²) in [5.74, 6) is 2.79. The lowest BCUT2D eigenvalue weighted by Crippen LogP contribution is -2.35. The van der Waals surface area contributed by atoms with Crippen LogP contribution >= 0.6 is 23.2 Å². The average molecular weight is 330 g/mol. The normalized spacial score (nSPS) is 22.4. The van der Waals surface area contributed by atoms with E-state index in [1.807, 2.05) is 6.92 Å². The van der Waals surface area contributed by atoms with Crippen molar-refractivity contribution < 1.29 is 0 Å². The SMILES string of the molecule is CCNc1nc(NC2CCCCC2C(C)C)c(Cl)cc1Cl. The number of hydrogen-bond acceptors (Lipinski definition) is 3. The van der Waals surface area contributed by atoms with Crippen LogP contribution in [-0.2, 0) is 0 Å². The first-order chi connectivity index (χ1) is 10.0. The highest BCUT2D eigenvalue weighted by atomic mass is 35.5. The molecule has 5 heteroatoms. The van der Waals surface area contributed by atoms with Crippen molar-refractivity contribution in [3.63, 3.8) is 0 Å². The molecule has 2 N–H and O–H groups in total. The molecule has 1 heterocycles. The molecule has 2 unspecified atom stereocenters. The summed E-state index contributed by atoms with van der Waals surface area (Å²) in [7, 11) is 0. The number of nitrogens with zero attached hydrogens (tertiary/aromatic N) is 1. The molecule has 1 aromatic rings. The van der Waals surface area contributed by atoms with Crippen LogP contribution in [0.4, 0.5) is 11.6 Å². The maximum atomic E-state index is 6.31. The first-order valence-corrected chi connectivity index (χ1v) is 8.65. The van der Waals surface area contributed by atoms with Gasteiger partial charge in [-0.1, -0.05) is 49.9 Å². The monoisotopic (exact) mass is 329 g/mol. The van der Waals surface area contributed by atoms with Gasteiger partial charge in [0.2, 0.25) is 0 Å². The Labute approximate surface area is 137 Å². The summed E-state index contributed by atoms with van der Waals surface area (Å²) in [6.45, 7) is 7.40. The highest BCUT2D eigenvalue weighted by Crippen LogP contribution is 2.35. The topological polar surface area (TPSA) is 37.0 Å². The van der Waals surface area contributed by atoms with Crippen molar-refractivity contribution in [3.05, 3.63) is 16.1 Å². The number of anilines is 2. The van der Waals surface area contributed by atoms with Crippen LogP contribution in [0.3, 0.4) is 0 Å². The first-order valence-electron chi connectivity index (χ1n) is 7.89. The summed E-state index contributed by atoms with van der Waals surface area (Å²) in [6.07, 6.45) is 5.05. The summed E-state index contributed by atoms with van der Waals surface area (Å²) in [6, 6.07) is 2.21. The van der Waals surface area contributed by atoms with Crippen LogP contribution in [0.5, 0.6) is 0 Å². The maximum Gasteiger partial charge on any atom is 0.147 e. The molecule has 1 saturated carbocycles. The highest BCUT2D eigenvalue weighted by molar-refractivity contribution is 6.37. The Morgan fingerprint density at radius 1 is 1.19 bits per heavy atom. The summed E-state index contributed by atoms with van der Waals surface area (Å²) >= 11 is 12.5. The van der Waals surface area contributed by atoms with Crippen LogP contribution in [0.25, 0.3) is 0 Å². The molecule has 2 rings (SSSR count). The van der Waals surface area contributed by atoms with Crippen LogP contribution in [-0.4, -0.2) is 17.6 Å². The molecule has 118 valence electrons. The predicted molar refractivity (Wildman–Crippen MR) is 92.6 cm³/mol. The number of pyridine rings is 1. The van der Waals surface area contributed by atoms with Gasteiger partial charge in [-0.25, -0.2) is 4.98 Å². The van der Waals surface area contributed by atoms with Gasteiger partial charge in [-0.3, -0.25) is 0 Å². The van der Waals surface area contributed by atoms with E-state index in [-0.39, 0.29) is 0 Å². The van der Waals surface area contributed by atoms with Crippen molar-refractivity contribution >= 4 is 34.8 Å². The fourth-order valence-corrected chi connectivity index (χ4v) is 3.65. The third kappa shape index (κ3) is 4.17. The second-order valence-corrected chi connectivity index (χ2v) is 6.94. The van der Waals surface area contributed by atoms with E-state index >= 15 is 0 Å². The number of halogens is 2. The zero-order chi connectivity index (χ0) is 15.4. The van der Waals surface area contributed by atoms with Crippen molar-refractivity contribution in [3.8, 4) is 0 Å². The quantitative estimate of drug-likeness (QED) is 0.754. The van der Waals surface area contributed by atoms with Gasteiger partial charge in [0.05, 0.1) is 10.0 Å². The molecule has 1 aliphatic rings. The Bertz CT molecular complexity index is 477. The van der Waals surface area contributed by atoms with E-state index in [1.165, 1.54) is 25.7 Å². The Hall–Kier alpha value is -0.670. The molecule has 0 radical (unpaired) electrons. The summed E-state index contributed by atoms with van der Waals surface area (Å²) < 4.78 is 0. The van der Waals surface area contributed by atoms with Crippen molar-refractivity contribution in [2.24, 2.45) is 11.8 Å². The molecule has 0 aliphatic heterocycles. The van der Waals surface area contributed by atoms with Gasteiger partial charge in [-0.2, -0.15) is 0 Å². The van der Waals surface area contributed by atoms with Gasteiger partial charge >= 0.3 is 0 Å². The molecule has 0 amide bonds.